The van der Waals surface area contributed by atoms with Gasteiger partial charge in [0, 0.05) is 6.20 Å². The summed E-state index contributed by atoms with van der Waals surface area (Å²) in [6, 6.07) is 1.51. The van der Waals surface area contributed by atoms with Gasteiger partial charge in [0.15, 0.2) is 5.65 Å². The van der Waals surface area contributed by atoms with Gasteiger partial charge in [0.1, 0.15) is 10.2 Å². The van der Waals surface area contributed by atoms with Crippen LogP contribution >= 0.6 is 15.9 Å². The third-order valence-electron chi connectivity index (χ3n) is 1.66. The number of rotatable bonds is 0. The number of aromatic nitrogens is 3. The van der Waals surface area contributed by atoms with E-state index < -0.39 is 11.7 Å². The van der Waals surface area contributed by atoms with Gasteiger partial charge in [-0.2, -0.15) is 18.3 Å². The van der Waals surface area contributed by atoms with E-state index >= 15 is 0 Å². The van der Waals surface area contributed by atoms with Gasteiger partial charge >= 0.3 is 6.18 Å². The molecule has 2 heterocycles. The minimum absolute atomic E-state index is 0.202. The number of halogens is 4. The first-order chi connectivity index (χ1) is 6.50. The van der Waals surface area contributed by atoms with Crippen molar-refractivity contribution in [3.05, 3.63) is 28.6 Å². The number of fused-ring (bicyclic) bond motifs is 1. The molecule has 7 heteroatoms. The maximum atomic E-state index is 12.4. The Morgan fingerprint density at radius 2 is 2.07 bits per heavy atom. The summed E-state index contributed by atoms with van der Waals surface area (Å²) >= 11 is 3.07. The molecule has 0 aliphatic heterocycles. The zero-order valence-electron chi connectivity index (χ0n) is 6.59. The summed E-state index contributed by atoms with van der Waals surface area (Å²) in [7, 11) is 0. The van der Waals surface area contributed by atoms with E-state index in [-0.39, 0.29) is 5.65 Å². The molecule has 0 unspecified atom stereocenters. The van der Waals surface area contributed by atoms with E-state index in [9.17, 15) is 13.2 Å². The summed E-state index contributed by atoms with van der Waals surface area (Å²) in [4.78, 5) is 3.62. The lowest BCUT2D eigenvalue weighted by molar-refractivity contribution is -0.136. The van der Waals surface area contributed by atoms with Gasteiger partial charge < -0.3 is 0 Å². The van der Waals surface area contributed by atoms with E-state index in [1.54, 1.807) is 0 Å². The van der Waals surface area contributed by atoms with Gasteiger partial charge in [0.2, 0.25) is 0 Å². The van der Waals surface area contributed by atoms with Crippen molar-refractivity contribution >= 4 is 21.6 Å². The van der Waals surface area contributed by atoms with Crippen LogP contribution in [0.3, 0.4) is 0 Å². The highest BCUT2D eigenvalue weighted by Crippen LogP contribution is 2.32. The van der Waals surface area contributed by atoms with Gasteiger partial charge in [0.25, 0.3) is 0 Å². The second kappa shape index (κ2) is 2.94. The molecule has 0 fully saturated rings. The second-order valence-electron chi connectivity index (χ2n) is 2.56. The molecule has 0 aliphatic rings. The van der Waals surface area contributed by atoms with Crippen LogP contribution in [-0.2, 0) is 6.18 Å². The Bertz CT molecular complexity index is 476. The molecule has 0 aromatic carbocycles. The SMILES string of the molecule is FC(F)(F)c1cnn2c(Br)ccnc12. The van der Waals surface area contributed by atoms with Crippen molar-refractivity contribution in [2.24, 2.45) is 0 Å². The van der Waals surface area contributed by atoms with E-state index in [0.717, 1.165) is 10.7 Å². The average molecular weight is 266 g/mol. The van der Waals surface area contributed by atoms with Crippen molar-refractivity contribution in [3.63, 3.8) is 0 Å². The highest BCUT2D eigenvalue weighted by molar-refractivity contribution is 9.10. The lowest BCUT2D eigenvalue weighted by Crippen LogP contribution is -2.05. The summed E-state index contributed by atoms with van der Waals surface area (Å²) in [5.74, 6) is 0. The number of hydrogen-bond donors (Lipinski definition) is 0. The lowest BCUT2D eigenvalue weighted by Gasteiger charge is -2.02. The molecule has 2 rings (SSSR count). The topological polar surface area (TPSA) is 30.2 Å². The minimum atomic E-state index is -4.42. The summed E-state index contributed by atoms with van der Waals surface area (Å²) in [5, 5.41) is 3.57. The highest BCUT2D eigenvalue weighted by atomic mass is 79.9. The number of alkyl halides is 3. The molecule has 0 radical (unpaired) electrons. The van der Waals surface area contributed by atoms with E-state index in [1.807, 2.05) is 0 Å². The molecule has 74 valence electrons. The lowest BCUT2D eigenvalue weighted by atomic mass is 10.3. The summed E-state index contributed by atoms with van der Waals surface area (Å²) < 4.78 is 38.6. The predicted octanol–water partition coefficient (Wildman–Crippen LogP) is 2.51. The fraction of sp³-hybridized carbons (Fsp3) is 0.143. The molecule has 0 atom stereocenters. The zero-order chi connectivity index (χ0) is 10.3. The van der Waals surface area contributed by atoms with E-state index in [1.165, 1.54) is 12.3 Å². The van der Waals surface area contributed by atoms with Gasteiger partial charge in [-0.3, -0.25) is 0 Å². The first-order valence-electron chi connectivity index (χ1n) is 3.55. The standard InChI is InChI=1S/C7H3BrF3N3/c8-5-1-2-12-6-4(7(9,10)11)3-13-14(5)6/h1-3H. The number of nitrogens with zero attached hydrogens (tertiary/aromatic N) is 3. The fourth-order valence-electron chi connectivity index (χ4n) is 1.06. The Hall–Kier alpha value is -1.11. The normalized spacial score (nSPS) is 12.3. The van der Waals surface area contributed by atoms with Crippen molar-refractivity contribution in [2.45, 2.75) is 6.18 Å². The molecular weight excluding hydrogens is 263 g/mol. The van der Waals surface area contributed by atoms with Crippen molar-refractivity contribution in [1.29, 1.82) is 0 Å². The summed E-state index contributed by atoms with van der Waals surface area (Å²) in [6.07, 6.45) is -2.38. The van der Waals surface area contributed by atoms with Gasteiger partial charge in [-0.1, -0.05) is 0 Å². The smallest absolute Gasteiger partial charge is 0.236 e. The fourth-order valence-corrected chi connectivity index (χ4v) is 1.44. The Morgan fingerprint density at radius 3 is 2.71 bits per heavy atom. The first-order valence-corrected chi connectivity index (χ1v) is 4.35. The van der Waals surface area contributed by atoms with E-state index in [4.69, 9.17) is 0 Å². The number of hydrogen-bond acceptors (Lipinski definition) is 2. The Labute approximate surface area is 84.7 Å². The minimum Gasteiger partial charge on any atom is -0.236 e. The first kappa shape index (κ1) is 9.45. The van der Waals surface area contributed by atoms with Crippen LogP contribution in [0, 0.1) is 0 Å². The van der Waals surface area contributed by atoms with Crippen LogP contribution in [0.15, 0.2) is 23.1 Å². The predicted molar refractivity (Wildman–Crippen MR) is 45.7 cm³/mol. The quantitative estimate of drug-likeness (QED) is 0.686. The van der Waals surface area contributed by atoms with Crippen LogP contribution in [-0.4, -0.2) is 14.6 Å². The van der Waals surface area contributed by atoms with Gasteiger partial charge in [-0.05, 0) is 22.0 Å². The molecule has 2 aromatic rings. The molecule has 0 bridgehead atoms. The molecule has 0 saturated heterocycles. The molecule has 0 aliphatic carbocycles. The van der Waals surface area contributed by atoms with Crippen LogP contribution in [0.2, 0.25) is 0 Å². The van der Waals surface area contributed by atoms with Crippen LogP contribution in [0.25, 0.3) is 5.65 Å². The summed E-state index contributed by atoms with van der Waals surface area (Å²) in [5.41, 5.74) is -1.04. The highest BCUT2D eigenvalue weighted by Gasteiger charge is 2.35. The Kier molecular flexibility index (Phi) is 1.99. The molecule has 3 nitrogen and oxygen atoms in total. The molecule has 0 amide bonds. The molecule has 0 N–H and O–H groups in total. The van der Waals surface area contributed by atoms with Crippen molar-refractivity contribution in [1.82, 2.24) is 14.6 Å². The molecule has 14 heavy (non-hydrogen) atoms. The second-order valence-corrected chi connectivity index (χ2v) is 3.37. The zero-order valence-corrected chi connectivity index (χ0v) is 8.17. The van der Waals surface area contributed by atoms with E-state index in [0.29, 0.717) is 4.60 Å². The van der Waals surface area contributed by atoms with Crippen molar-refractivity contribution in [3.8, 4) is 0 Å². The Morgan fingerprint density at radius 1 is 1.36 bits per heavy atom. The van der Waals surface area contributed by atoms with Crippen LogP contribution in [0.4, 0.5) is 13.2 Å². The molecule has 2 aromatic heterocycles. The third-order valence-corrected chi connectivity index (χ3v) is 2.26. The van der Waals surface area contributed by atoms with E-state index in [2.05, 4.69) is 26.0 Å². The maximum Gasteiger partial charge on any atom is 0.421 e. The third kappa shape index (κ3) is 1.37. The van der Waals surface area contributed by atoms with Gasteiger partial charge in [-0.25, -0.2) is 9.50 Å². The van der Waals surface area contributed by atoms with Crippen molar-refractivity contribution in [2.75, 3.05) is 0 Å². The molecule has 0 spiro atoms. The average Bonchev–Trinajstić information content (AvgIpc) is 2.47. The maximum absolute atomic E-state index is 12.4. The van der Waals surface area contributed by atoms with Gasteiger partial charge in [-0.15, -0.1) is 0 Å². The van der Waals surface area contributed by atoms with Crippen molar-refractivity contribution < 1.29 is 13.2 Å². The molecular formula is C7H3BrF3N3. The van der Waals surface area contributed by atoms with Crippen LogP contribution < -0.4 is 0 Å². The van der Waals surface area contributed by atoms with Crippen LogP contribution in [0.1, 0.15) is 5.56 Å². The van der Waals surface area contributed by atoms with Crippen LogP contribution in [0.5, 0.6) is 0 Å². The van der Waals surface area contributed by atoms with Gasteiger partial charge in [0.05, 0.1) is 6.20 Å². The summed E-state index contributed by atoms with van der Waals surface area (Å²) in [6.45, 7) is 0. The largest absolute Gasteiger partial charge is 0.421 e. The monoisotopic (exact) mass is 265 g/mol. The Balaban J connectivity index is 2.76. The molecule has 0 saturated carbocycles.